The van der Waals surface area contributed by atoms with Gasteiger partial charge in [0, 0.05) is 19.7 Å². The first-order valence-corrected chi connectivity index (χ1v) is 7.19. The van der Waals surface area contributed by atoms with Crippen LogP contribution in [0.1, 0.15) is 36.1 Å². The first kappa shape index (κ1) is 14.8. The van der Waals surface area contributed by atoms with E-state index in [2.05, 4.69) is 66.8 Å². The van der Waals surface area contributed by atoms with E-state index in [1.807, 2.05) is 0 Å². The molecule has 0 spiro atoms. The number of benzene rings is 2. The molecule has 0 aliphatic heterocycles. The normalized spacial score (nSPS) is 12.3. The summed E-state index contributed by atoms with van der Waals surface area (Å²) >= 11 is 0. The number of nitrogens with one attached hydrogen (secondary N) is 1. The standard InChI is InChI=1S/C18H23NO/c1-3-18(15-9-5-4-6-10-15)19-13-16-11-7-8-12-17(16)14-20-2/h4-12,18-19H,3,13-14H2,1-2H3. The van der Waals surface area contributed by atoms with Gasteiger partial charge in [-0.05, 0) is 23.1 Å². The van der Waals surface area contributed by atoms with Crippen molar-refractivity contribution in [1.82, 2.24) is 5.32 Å². The zero-order valence-electron chi connectivity index (χ0n) is 12.3. The van der Waals surface area contributed by atoms with Crippen LogP contribution < -0.4 is 5.32 Å². The average molecular weight is 269 g/mol. The quantitative estimate of drug-likeness (QED) is 0.818. The van der Waals surface area contributed by atoms with Crippen molar-refractivity contribution in [2.45, 2.75) is 32.5 Å². The van der Waals surface area contributed by atoms with Crippen LogP contribution >= 0.6 is 0 Å². The Morgan fingerprint density at radius 3 is 2.25 bits per heavy atom. The van der Waals surface area contributed by atoms with Gasteiger partial charge in [-0.1, -0.05) is 61.5 Å². The lowest BCUT2D eigenvalue weighted by Gasteiger charge is -2.18. The molecular weight excluding hydrogens is 246 g/mol. The zero-order chi connectivity index (χ0) is 14.2. The third kappa shape index (κ3) is 3.92. The third-order valence-electron chi connectivity index (χ3n) is 3.57. The van der Waals surface area contributed by atoms with Crippen LogP contribution in [-0.4, -0.2) is 7.11 Å². The molecule has 0 amide bonds. The van der Waals surface area contributed by atoms with Gasteiger partial charge in [0.15, 0.2) is 0 Å². The van der Waals surface area contributed by atoms with Gasteiger partial charge in [0.1, 0.15) is 0 Å². The van der Waals surface area contributed by atoms with Crippen LogP contribution in [0.3, 0.4) is 0 Å². The molecule has 106 valence electrons. The molecule has 2 aromatic carbocycles. The van der Waals surface area contributed by atoms with Gasteiger partial charge in [0.2, 0.25) is 0 Å². The van der Waals surface area contributed by atoms with E-state index in [0.29, 0.717) is 12.6 Å². The summed E-state index contributed by atoms with van der Waals surface area (Å²) in [7, 11) is 1.74. The van der Waals surface area contributed by atoms with Crippen molar-refractivity contribution in [3.63, 3.8) is 0 Å². The van der Waals surface area contributed by atoms with Crippen LogP contribution in [0.2, 0.25) is 0 Å². The Balaban J connectivity index is 2.04. The molecule has 0 radical (unpaired) electrons. The van der Waals surface area contributed by atoms with E-state index < -0.39 is 0 Å². The highest BCUT2D eigenvalue weighted by Gasteiger charge is 2.09. The van der Waals surface area contributed by atoms with Gasteiger partial charge < -0.3 is 10.1 Å². The van der Waals surface area contributed by atoms with Crippen molar-refractivity contribution >= 4 is 0 Å². The van der Waals surface area contributed by atoms with Gasteiger partial charge in [0.05, 0.1) is 6.61 Å². The largest absolute Gasteiger partial charge is 0.380 e. The lowest BCUT2D eigenvalue weighted by Crippen LogP contribution is -2.21. The van der Waals surface area contributed by atoms with E-state index in [1.54, 1.807) is 7.11 Å². The van der Waals surface area contributed by atoms with Crippen LogP contribution in [0.5, 0.6) is 0 Å². The third-order valence-corrected chi connectivity index (χ3v) is 3.57. The molecule has 2 heteroatoms. The van der Waals surface area contributed by atoms with Crippen LogP contribution in [0.15, 0.2) is 54.6 Å². The molecule has 2 aromatic rings. The monoisotopic (exact) mass is 269 g/mol. The molecule has 0 heterocycles. The van der Waals surface area contributed by atoms with E-state index >= 15 is 0 Å². The molecule has 1 unspecified atom stereocenters. The van der Waals surface area contributed by atoms with E-state index in [1.165, 1.54) is 16.7 Å². The smallest absolute Gasteiger partial charge is 0.0716 e. The molecule has 0 aliphatic rings. The second-order valence-electron chi connectivity index (χ2n) is 4.95. The summed E-state index contributed by atoms with van der Waals surface area (Å²) < 4.78 is 5.26. The summed E-state index contributed by atoms with van der Waals surface area (Å²) in [5, 5.41) is 3.65. The predicted octanol–water partition coefficient (Wildman–Crippen LogP) is 4.07. The molecule has 1 N–H and O–H groups in total. The molecule has 2 rings (SSSR count). The lowest BCUT2D eigenvalue weighted by atomic mass is 10.0. The molecule has 0 saturated heterocycles. The predicted molar refractivity (Wildman–Crippen MR) is 83.5 cm³/mol. The first-order valence-electron chi connectivity index (χ1n) is 7.19. The molecule has 0 bridgehead atoms. The molecule has 2 nitrogen and oxygen atoms in total. The van der Waals surface area contributed by atoms with Crippen LogP contribution in [0.25, 0.3) is 0 Å². The van der Waals surface area contributed by atoms with Gasteiger partial charge in [-0.25, -0.2) is 0 Å². The van der Waals surface area contributed by atoms with E-state index in [4.69, 9.17) is 4.74 Å². The van der Waals surface area contributed by atoms with Crippen molar-refractivity contribution in [3.8, 4) is 0 Å². The van der Waals surface area contributed by atoms with E-state index in [-0.39, 0.29) is 0 Å². The van der Waals surface area contributed by atoms with Gasteiger partial charge in [-0.15, -0.1) is 0 Å². The van der Waals surface area contributed by atoms with Crippen molar-refractivity contribution < 1.29 is 4.74 Å². The van der Waals surface area contributed by atoms with Gasteiger partial charge in [-0.3, -0.25) is 0 Å². The summed E-state index contributed by atoms with van der Waals surface area (Å²) in [5.74, 6) is 0. The maximum Gasteiger partial charge on any atom is 0.0716 e. The SMILES string of the molecule is CCC(NCc1ccccc1COC)c1ccccc1. The number of hydrogen-bond acceptors (Lipinski definition) is 2. The minimum Gasteiger partial charge on any atom is -0.380 e. The summed E-state index contributed by atoms with van der Waals surface area (Å²) in [5.41, 5.74) is 3.91. The Bertz CT molecular complexity index is 510. The number of hydrogen-bond donors (Lipinski definition) is 1. The van der Waals surface area contributed by atoms with Gasteiger partial charge in [-0.2, -0.15) is 0 Å². The van der Waals surface area contributed by atoms with Crippen LogP contribution in [0.4, 0.5) is 0 Å². The molecule has 0 aliphatic carbocycles. The lowest BCUT2D eigenvalue weighted by molar-refractivity contribution is 0.184. The highest BCUT2D eigenvalue weighted by molar-refractivity contribution is 5.27. The number of methoxy groups -OCH3 is 1. The molecule has 0 aromatic heterocycles. The van der Waals surface area contributed by atoms with E-state index in [0.717, 1.165) is 13.0 Å². The van der Waals surface area contributed by atoms with Gasteiger partial charge in [0.25, 0.3) is 0 Å². The second-order valence-corrected chi connectivity index (χ2v) is 4.95. The fraction of sp³-hybridized carbons (Fsp3) is 0.333. The Morgan fingerprint density at radius 1 is 0.950 bits per heavy atom. The molecule has 0 fully saturated rings. The van der Waals surface area contributed by atoms with E-state index in [9.17, 15) is 0 Å². The highest BCUT2D eigenvalue weighted by Crippen LogP contribution is 2.18. The van der Waals surface area contributed by atoms with Gasteiger partial charge >= 0.3 is 0 Å². The fourth-order valence-corrected chi connectivity index (χ4v) is 2.44. The summed E-state index contributed by atoms with van der Waals surface area (Å²) in [6, 6.07) is 19.5. The second kappa shape index (κ2) is 7.83. The van der Waals surface area contributed by atoms with Crippen molar-refractivity contribution in [1.29, 1.82) is 0 Å². The van der Waals surface area contributed by atoms with Crippen molar-refractivity contribution in [2.75, 3.05) is 7.11 Å². The molecular formula is C18H23NO. The topological polar surface area (TPSA) is 21.3 Å². The zero-order valence-corrected chi connectivity index (χ0v) is 12.3. The molecule has 1 atom stereocenters. The maximum absolute atomic E-state index is 5.26. The molecule has 0 saturated carbocycles. The first-order chi connectivity index (χ1) is 9.85. The summed E-state index contributed by atoms with van der Waals surface area (Å²) in [6.45, 7) is 3.75. The van der Waals surface area contributed by atoms with Crippen molar-refractivity contribution in [2.24, 2.45) is 0 Å². The summed E-state index contributed by atoms with van der Waals surface area (Å²) in [6.07, 6.45) is 1.08. The Morgan fingerprint density at radius 2 is 1.60 bits per heavy atom. The minimum atomic E-state index is 0.395. The van der Waals surface area contributed by atoms with Crippen molar-refractivity contribution in [3.05, 3.63) is 71.3 Å². The minimum absolute atomic E-state index is 0.395. The van der Waals surface area contributed by atoms with Crippen LogP contribution in [0, 0.1) is 0 Å². The van der Waals surface area contributed by atoms with Crippen LogP contribution in [-0.2, 0) is 17.9 Å². The Labute approximate surface area is 121 Å². The fourth-order valence-electron chi connectivity index (χ4n) is 2.44. The highest BCUT2D eigenvalue weighted by atomic mass is 16.5. The Kier molecular flexibility index (Phi) is 5.78. The average Bonchev–Trinajstić information content (AvgIpc) is 2.51. The molecule has 20 heavy (non-hydrogen) atoms. The number of ether oxygens (including phenoxy) is 1. The maximum atomic E-state index is 5.26. The summed E-state index contributed by atoms with van der Waals surface area (Å²) in [4.78, 5) is 0. The Hall–Kier alpha value is -1.64. The number of rotatable bonds is 7.